The van der Waals surface area contributed by atoms with E-state index in [-0.39, 0.29) is 24.1 Å². The molecule has 0 aromatic rings. The van der Waals surface area contributed by atoms with E-state index in [1.165, 1.54) is 0 Å². The fourth-order valence-corrected chi connectivity index (χ4v) is 3.12. The van der Waals surface area contributed by atoms with Gasteiger partial charge in [-0.1, -0.05) is 0 Å². The number of hydrogen-bond donors (Lipinski definition) is 0. The summed E-state index contributed by atoms with van der Waals surface area (Å²) >= 11 is 0. The molecular formula is C20H34O7. The average molecular weight is 386 g/mol. The second-order valence-corrected chi connectivity index (χ2v) is 7.16. The van der Waals surface area contributed by atoms with E-state index in [0.29, 0.717) is 39.3 Å². The summed E-state index contributed by atoms with van der Waals surface area (Å²) in [6, 6.07) is 0. The average Bonchev–Trinajstić information content (AvgIpc) is 3.37. The fourth-order valence-electron chi connectivity index (χ4n) is 3.12. The molecule has 0 unspecified atom stereocenters. The van der Waals surface area contributed by atoms with Gasteiger partial charge in [0.15, 0.2) is 0 Å². The minimum atomic E-state index is -0.160. The molecule has 0 aliphatic carbocycles. The molecule has 2 saturated heterocycles. The predicted octanol–water partition coefficient (Wildman–Crippen LogP) is 2.79. The third-order valence-electron chi connectivity index (χ3n) is 4.75. The first-order valence-corrected chi connectivity index (χ1v) is 10.4. The summed E-state index contributed by atoms with van der Waals surface area (Å²) in [4.78, 5) is 23.2. The van der Waals surface area contributed by atoms with Gasteiger partial charge in [0.05, 0.1) is 12.2 Å². The molecule has 7 heteroatoms. The molecule has 0 bridgehead atoms. The molecule has 0 aromatic carbocycles. The highest BCUT2D eigenvalue weighted by Crippen LogP contribution is 2.13. The highest BCUT2D eigenvalue weighted by Gasteiger charge is 2.18. The van der Waals surface area contributed by atoms with E-state index < -0.39 is 0 Å². The van der Waals surface area contributed by atoms with Gasteiger partial charge < -0.3 is 23.7 Å². The summed E-state index contributed by atoms with van der Waals surface area (Å²) in [6.07, 6.45) is 8.28. The third-order valence-corrected chi connectivity index (χ3v) is 4.75. The lowest BCUT2D eigenvalue weighted by atomic mass is 10.2. The van der Waals surface area contributed by atoms with Crippen molar-refractivity contribution >= 4 is 11.9 Å². The van der Waals surface area contributed by atoms with Crippen molar-refractivity contribution in [2.45, 2.75) is 76.4 Å². The lowest BCUT2D eigenvalue weighted by molar-refractivity contribution is -0.147. The predicted molar refractivity (Wildman–Crippen MR) is 98.4 cm³/mol. The molecule has 2 aliphatic rings. The quantitative estimate of drug-likeness (QED) is 0.335. The summed E-state index contributed by atoms with van der Waals surface area (Å²) in [5, 5.41) is 0. The van der Waals surface area contributed by atoms with Crippen molar-refractivity contribution in [3.05, 3.63) is 0 Å². The van der Waals surface area contributed by atoms with Crippen LogP contribution in [0, 0.1) is 0 Å². The number of rotatable bonds is 14. The number of carbonyl (C=O) groups excluding carboxylic acids is 2. The number of esters is 2. The molecular weight excluding hydrogens is 352 g/mol. The molecule has 7 nitrogen and oxygen atoms in total. The van der Waals surface area contributed by atoms with E-state index in [4.69, 9.17) is 23.7 Å². The normalized spacial score (nSPS) is 22.1. The standard InChI is InChI=1S/C20H34O7/c21-19(26-15-17-7-5-13-24-17)9-1-3-11-23-12-4-2-10-20(22)27-16-18-8-6-14-25-18/h17-18H,1-16H2/t17-,18+. The van der Waals surface area contributed by atoms with Gasteiger partial charge in [-0.2, -0.15) is 0 Å². The van der Waals surface area contributed by atoms with Crippen molar-refractivity contribution in [3.8, 4) is 0 Å². The number of carbonyl (C=O) groups is 2. The molecule has 2 aliphatic heterocycles. The summed E-state index contributed by atoms with van der Waals surface area (Å²) in [7, 11) is 0. The topological polar surface area (TPSA) is 80.3 Å². The van der Waals surface area contributed by atoms with Gasteiger partial charge in [-0.05, 0) is 51.4 Å². The second-order valence-electron chi connectivity index (χ2n) is 7.16. The highest BCUT2D eigenvalue weighted by molar-refractivity contribution is 5.69. The number of hydrogen-bond acceptors (Lipinski definition) is 7. The van der Waals surface area contributed by atoms with Gasteiger partial charge in [-0.15, -0.1) is 0 Å². The van der Waals surface area contributed by atoms with E-state index in [2.05, 4.69) is 0 Å². The molecule has 2 heterocycles. The Kier molecular flexibility index (Phi) is 11.4. The molecule has 2 fully saturated rings. The highest BCUT2D eigenvalue weighted by atomic mass is 16.6. The van der Waals surface area contributed by atoms with Crippen LogP contribution in [-0.4, -0.2) is 63.8 Å². The summed E-state index contributed by atoms with van der Waals surface area (Å²) in [5.41, 5.74) is 0. The van der Waals surface area contributed by atoms with Gasteiger partial charge in [0, 0.05) is 39.3 Å². The van der Waals surface area contributed by atoms with Crippen LogP contribution in [0.5, 0.6) is 0 Å². The van der Waals surface area contributed by atoms with E-state index in [1.54, 1.807) is 0 Å². The van der Waals surface area contributed by atoms with Crippen molar-refractivity contribution in [1.29, 1.82) is 0 Å². The Morgan fingerprint density at radius 1 is 0.741 bits per heavy atom. The fraction of sp³-hybridized carbons (Fsp3) is 0.900. The summed E-state index contributed by atoms with van der Waals surface area (Å²) < 4.78 is 26.8. The molecule has 27 heavy (non-hydrogen) atoms. The molecule has 0 radical (unpaired) electrons. The van der Waals surface area contributed by atoms with Crippen molar-refractivity contribution < 1.29 is 33.3 Å². The lowest BCUT2D eigenvalue weighted by Gasteiger charge is -2.10. The Morgan fingerprint density at radius 2 is 1.22 bits per heavy atom. The Morgan fingerprint density at radius 3 is 1.63 bits per heavy atom. The first kappa shape index (κ1) is 22.1. The maximum Gasteiger partial charge on any atom is 0.305 e. The molecule has 0 N–H and O–H groups in total. The molecule has 0 aromatic heterocycles. The molecule has 0 spiro atoms. The lowest BCUT2D eigenvalue weighted by Crippen LogP contribution is -2.17. The van der Waals surface area contributed by atoms with E-state index in [1.807, 2.05) is 0 Å². The van der Waals surface area contributed by atoms with Crippen molar-refractivity contribution in [2.75, 3.05) is 39.6 Å². The zero-order valence-electron chi connectivity index (χ0n) is 16.3. The molecule has 0 saturated carbocycles. The van der Waals surface area contributed by atoms with E-state index in [0.717, 1.165) is 64.6 Å². The summed E-state index contributed by atoms with van der Waals surface area (Å²) in [5.74, 6) is -0.320. The van der Waals surface area contributed by atoms with Crippen LogP contribution in [0.25, 0.3) is 0 Å². The zero-order valence-corrected chi connectivity index (χ0v) is 16.3. The second kappa shape index (κ2) is 13.9. The monoisotopic (exact) mass is 386 g/mol. The first-order valence-electron chi connectivity index (χ1n) is 10.4. The van der Waals surface area contributed by atoms with Gasteiger partial charge in [0.2, 0.25) is 0 Å². The number of unbranched alkanes of at least 4 members (excludes halogenated alkanes) is 2. The third kappa shape index (κ3) is 10.7. The van der Waals surface area contributed by atoms with Crippen LogP contribution < -0.4 is 0 Å². The Hall–Kier alpha value is -1.18. The molecule has 0 amide bonds. The van der Waals surface area contributed by atoms with Crippen LogP contribution >= 0.6 is 0 Å². The van der Waals surface area contributed by atoms with Gasteiger partial charge in [-0.25, -0.2) is 0 Å². The minimum absolute atomic E-state index is 0.0885. The minimum Gasteiger partial charge on any atom is -0.463 e. The van der Waals surface area contributed by atoms with Gasteiger partial charge in [-0.3, -0.25) is 9.59 Å². The van der Waals surface area contributed by atoms with Gasteiger partial charge >= 0.3 is 11.9 Å². The molecule has 2 rings (SSSR count). The molecule has 2 atom stereocenters. The first-order chi connectivity index (χ1) is 13.2. The summed E-state index contributed by atoms with van der Waals surface area (Å²) in [6.45, 7) is 3.56. The largest absolute Gasteiger partial charge is 0.463 e. The van der Waals surface area contributed by atoms with Crippen molar-refractivity contribution in [3.63, 3.8) is 0 Å². The van der Waals surface area contributed by atoms with E-state index >= 15 is 0 Å². The maximum absolute atomic E-state index is 11.6. The molecule has 156 valence electrons. The van der Waals surface area contributed by atoms with Crippen LogP contribution in [0.4, 0.5) is 0 Å². The Balaban J connectivity index is 1.30. The maximum atomic E-state index is 11.6. The number of ether oxygens (including phenoxy) is 5. The van der Waals surface area contributed by atoms with Gasteiger partial charge in [0.25, 0.3) is 0 Å². The Labute approximate surface area is 162 Å². The van der Waals surface area contributed by atoms with Gasteiger partial charge in [0.1, 0.15) is 13.2 Å². The van der Waals surface area contributed by atoms with Crippen LogP contribution in [0.2, 0.25) is 0 Å². The van der Waals surface area contributed by atoms with Crippen molar-refractivity contribution in [2.24, 2.45) is 0 Å². The smallest absolute Gasteiger partial charge is 0.305 e. The van der Waals surface area contributed by atoms with Crippen LogP contribution in [-0.2, 0) is 33.3 Å². The Bertz CT molecular complexity index is 377. The SMILES string of the molecule is O=C(CCCCOCCCCC(=O)OC[C@@H]1CCCO1)OC[C@H]1CCCO1. The van der Waals surface area contributed by atoms with Crippen LogP contribution in [0.1, 0.15) is 64.2 Å². The van der Waals surface area contributed by atoms with Crippen molar-refractivity contribution in [1.82, 2.24) is 0 Å². The van der Waals surface area contributed by atoms with Crippen LogP contribution in [0.3, 0.4) is 0 Å². The van der Waals surface area contributed by atoms with Crippen LogP contribution in [0.15, 0.2) is 0 Å². The zero-order chi connectivity index (χ0) is 19.2. The van der Waals surface area contributed by atoms with E-state index in [9.17, 15) is 9.59 Å².